The van der Waals surface area contributed by atoms with E-state index in [2.05, 4.69) is 127 Å². The third kappa shape index (κ3) is 5.04. The van der Waals surface area contributed by atoms with Crippen molar-refractivity contribution in [2.45, 2.75) is 0 Å². The Balaban J connectivity index is 1.11. The Morgan fingerprint density at radius 3 is 1.67 bits per heavy atom. The van der Waals surface area contributed by atoms with E-state index in [9.17, 15) is 0 Å². The maximum absolute atomic E-state index is 6.56. The fourth-order valence-electron chi connectivity index (χ4n) is 7.21. The van der Waals surface area contributed by atoms with Crippen LogP contribution >= 0.6 is 0 Å². The highest BCUT2D eigenvalue weighted by Crippen LogP contribution is 2.40. The van der Waals surface area contributed by atoms with Crippen LogP contribution < -0.4 is 0 Å². The summed E-state index contributed by atoms with van der Waals surface area (Å²) in [7, 11) is 0. The van der Waals surface area contributed by atoms with Crippen molar-refractivity contribution in [2.24, 2.45) is 0 Å². The maximum Gasteiger partial charge on any atom is 0.164 e. The molecule has 4 nitrogen and oxygen atoms in total. The number of nitrogens with zero attached hydrogens (tertiary/aromatic N) is 3. The molecule has 10 aromatic rings. The minimum Gasteiger partial charge on any atom is -0.455 e. The van der Waals surface area contributed by atoms with Crippen molar-refractivity contribution in [1.29, 1.82) is 0 Å². The van der Waals surface area contributed by atoms with E-state index in [4.69, 9.17) is 19.4 Å². The molecule has 10 rings (SSSR count). The minimum atomic E-state index is 0.600. The molecule has 0 aliphatic carbocycles. The third-order valence-corrected chi connectivity index (χ3v) is 9.74. The number of aromatic nitrogens is 3. The first-order valence-electron chi connectivity index (χ1n) is 17.1. The summed E-state index contributed by atoms with van der Waals surface area (Å²) >= 11 is 0. The van der Waals surface area contributed by atoms with E-state index in [-0.39, 0.29) is 0 Å². The topological polar surface area (TPSA) is 51.8 Å². The molecule has 4 heteroatoms. The molecule has 238 valence electrons. The van der Waals surface area contributed by atoms with Crippen molar-refractivity contribution in [1.82, 2.24) is 15.0 Å². The average Bonchev–Trinajstić information content (AvgIpc) is 3.60. The summed E-state index contributed by atoms with van der Waals surface area (Å²) in [6.45, 7) is 0. The van der Waals surface area contributed by atoms with Crippen LogP contribution in [0, 0.1) is 0 Å². The highest BCUT2D eigenvalue weighted by molar-refractivity contribution is 6.15. The zero-order valence-corrected chi connectivity index (χ0v) is 27.5. The molecule has 0 saturated heterocycles. The SMILES string of the molecule is c1ccc(-c2nc(-c3ccc(-c4ccc5ccc6ccccc6c5c4)cc3)nc(-c3cccc4oc5c(-c6ccccc6)cccc5c34)n2)cc1. The fraction of sp³-hybridized carbons (Fsp3) is 0. The van der Waals surface area contributed by atoms with Crippen LogP contribution in [0.5, 0.6) is 0 Å². The number of rotatable bonds is 5. The van der Waals surface area contributed by atoms with Crippen LogP contribution in [0.3, 0.4) is 0 Å². The lowest BCUT2D eigenvalue weighted by Gasteiger charge is -2.10. The van der Waals surface area contributed by atoms with Gasteiger partial charge in [0.1, 0.15) is 11.2 Å². The van der Waals surface area contributed by atoms with Gasteiger partial charge in [0.25, 0.3) is 0 Å². The molecule has 0 aliphatic rings. The molecule has 0 unspecified atom stereocenters. The van der Waals surface area contributed by atoms with Crippen LogP contribution in [0.2, 0.25) is 0 Å². The highest BCUT2D eigenvalue weighted by Gasteiger charge is 2.19. The van der Waals surface area contributed by atoms with Gasteiger partial charge in [-0.1, -0.05) is 164 Å². The van der Waals surface area contributed by atoms with Gasteiger partial charge in [-0.3, -0.25) is 0 Å². The molecular weight excluding hydrogens is 623 g/mol. The monoisotopic (exact) mass is 651 g/mol. The second-order valence-corrected chi connectivity index (χ2v) is 12.8. The summed E-state index contributed by atoms with van der Waals surface area (Å²) in [5.41, 5.74) is 8.85. The predicted molar refractivity (Wildman–Crippen MR) is 209 cm³/mol. The minimum absolute atomic E-state index is 0.600. The summed E-state index contributed by atoms with van der Waals surface area (Å²) in [4.78, 5) is 15.2. The van der Waals surface area contributed by atoms with E-state index in [1.165, 1.54) is 27.1 Å². The number of hydrogen-bond acceptors (Lipinski definition) is 4. The number of fused-ring (bicyclic) bond motifs is 6. The largest absolute Gasteiger partial charge is 0.455 e. The fourth-order valence-corrected chi connectivity index (χ4v) is 7.21. The van der Waals surface area contributed by atoms with Crippen molar-refractivity contribution in [3.8, 4) is 56.4 Å². The van der Waals surface area contributed by atoms with Gasteiger partial charge in [0.15, 0.2) is 17.5 Å². The summed E-state index contributed by atoms with van der Waals surface area (Å²) in [6, 6.07) is 61.0. The lowest BCUT2D eigenvalue weighted by Crippen LogP contribution is -2.00. The second-order valence-electron chi connectivity index (χ2n) is 12.8. The Labute approximate surface area is 294 Å². The molecule has 8 aromatic carbocycles. The van der Waals surface area contributed by atoms with Crippen LogP contribution in [-0.4, -0.2) is 15.0 Å². The Bertz CT molecular complexity index is 2900. The standard InChI is InChI=1S/C47H29N3O/c1-3-11-31(12-4-1)38-17-9-18-39-43-40(19-10-20-42(43)51-44(38)39)47-49-45(34-14-5-2-6-15-34)48-46(50-47)35-26-21-30(22-27-35)36-28-25-33-24-23-32-13-7-8-16-37(32)41(33)29-36/h1-29H. The van der Waals surface area contributed by atoms with Gasteiger partial charge in [0, 0.05) is 33.0 Å². The normalized spacial score (nSPS) is 11.5. The number of hydrogen-bond donors (Lipinski definition) is 0. The Hall–Kier alpha value is -6.91. The molecule has 0 saturated carbocycles. The first-order valence-corrected chi connectivity index (χ1v) is 17.1. The molecule has 2 aromatic heterocycles. The summed E-state index contributed by atoms with van der Waals surface area (Å²) in [5, 5.41) is 7.00. The van der Waals surface area contributed by atoms with Gasteiger partial charge in [-0.15, -0.1) is 0 Å². The Kier molecular flexibility index (Phi) is 6.78. The lowest BCUT2D eigenvalue weighted by molar-refractivity contribution is 0.670. The first kappa shape index (κ1) is 29.0. The van der Waals surface area contributed by atoms with Gasteiger partial charge in [-0.2, -0.15) is 0 Å². The molecule has 0 atom stereocenters. The molecule has 0 amide bonds. The van der Waals surface area contributed by atoms with E-state index >= 15 is 0 Å². The van der Waals surface area contributed by atoms with Crippen LogP contribution in [0.1, 0.15) is 0 Å². The molecular formula is C47H29N3O. The molecule has 2 heterocycles. The molecule has 0 spiro atoms. The third-order valence-electron chi connectivity index (χ3n) is 9.74. The van der Waals surface area contributed by atoms with E-state index in [1.807, 2.05) is 48.5 Å². The number of para-hydroxylation sites is 1. The number of furan rings is 1. The van der Waals surface area contributed by atoms with Crippen molar-refractivity contribution >= 4 is 43.5 Å². The van der Waals surface area contributed by atoms with Gasteiger partial charge >= 0.3 is 0 Å². The predicted octanol–water partition coefficient (Wildman–Crippen LogP) is 12.4. The zero-order chi connectivity index (χ0) is 33.7. The zero-order valence-electron chi connectivity index (χ0n) is 27.5. The highest BCUT2D eigenvalue weighted by atomic mass is 16.3. The molecule has 0 fully saturated rings. The van der Waals surface area contributed by atoms with Crippen molar-refractivity contribution < 1.29 is 4.42 Å². The quantitative estimate of drug-likeness (QED) is 0.174. The summed E-state index contributed by atoms with van der Waals surface area (Å²) in [5.74, 6) is 1.84. The van der Waals surface area contributed by atoms with Gasteiger partial charge in [-0.05, 0) is 50.4 Å². The van der Waals surface area contributed by atoms with E-state index in [0.29, 0.717) is 17.5 Å². The van der Waals surface area contributed by atoms with E-state index in [1.54, 1.807) is 0 Å². The molecule has 0 radical (unpaired) electrons. The summed E-state index contributed by atoms with van der Waals surface area (Å²) < 4.78 is 6.56. The first-order chi connectivity index (χ1) is 25.3. The number of benzene rings is 8. The van der Waals surface area contributed by atoms with E-state index in [0.717, 1.165) is 55.3 Å². The molecule has 51 heavy (non-hydrogen) atoms. The Morgan fingerprint density at radius 1 is 0.333 bits per heavy atom. The lowest BCUT2D eigenvalue weighted by atomic mass is 9.97. The van der Waals surface area contributed by atoms with Crippen molar-refractivity contribution in [3.63, 3.8) is 0 Å². The van der Waals surface area contributed by atoms with Gasteiger partial charge in [-0.25, -0.2) is 15.0 Å². The van der Waals surface area contributed by atoms with Crippen LogP contribution in [0.15, 0.2) is 180 Å². The van der Waals surface area contributed by atoms with Gasteiger partial charge in [0.05, 0.1) is 0 Å². The molecule has 0 bridgehead atoms. The Morgan fingerprint density at radius 2 is 0.882 bits per heavy atom. The van der Waals surface area contributed by atoms with Gasteiger partial charge < -0.3 is 4.42 Å². The molecule has 0 N–H and O–H groups in total. The van der Waals surface area contributed by atoms with Crippen molar-refractivity contribution in [2.75, 3.05) is 0 Å². The smallest absolute Gasteiger partial charge is 0.164 e. The average molecular weight is 652 g/mol. The maximum atomic E-state index is 6.56. The van der Waals surface area contributed by atoms with E-state index < -0.39 is 0 Å². The van der Waals surface area contributed by atoms with Crippen molar-refractivity contribution in [3.05, 3.63) is 176 Å². The van der Waals surface area contributed by atoms with Gasteiger partial charge in [0.2, 0.25) is 0 Å². The summed E-state index contributed by atoms with van der Waals surface area (Å²) in [6.07, 6.45) is 0. The molecule has 0 aliphatic heterocycles. The van der Waals surface area contributed by atoms with Crippen LogP contribution in [0.25, 0.3) is 99.9 Å². The van der Waals surface area contributed by atoms with Crippen LogP contribution in [0.4, 0.5) is 0 Å². The van der Waals surface area contributed by atoms with Crippen LogP contribution in [-0.2, 0) is 0 Å². The second kappa shape index (κ2) is 11.9.